The highest BCUT2D eigenvalue weighted by molar-refractivity contribution is 5.35. The minimum Gasteiger partial charge on any atom is -0.389 e. The Morgan fingerprint density at radius 2 is 1.76 bits per heavy atom. The van der Waals surface area contributed by atoms with Crippen LogP contribution in [0, 0.1) is 0 Å². The molecule has 0 radical (unpaired) electrons. The molecular formula is C18H22N2O. The summed E-state index contributed by atoms with van der Waals surface area (Å²) in [6.45, 7) is 0. The van der Waals surface area contributed by atoms with Crippen molar-refractivity contribution >= 4 is 0 Å². The maximum atomic E-state index is 10.9. The van der Waals surface area contributed by atoms with Crippen LogP contribution in [0.15, 0.2) is 36.5 Å². The Kier molecular flexibility index (Phi) is 3.11. The molecule has 2 aromatic rings. The summed E-state index contributed by atoms with van der Waals surface area (Å²) in [5, 5.41) is 15.6. The van der Waals surface area contributed by atoms with Crippen LogP contribution in [0.3, 0.4) is 0 Å². The summed E-state index contributed by atoms with van der Waals surface area (Å²) in [5.74, 6) is 0. The van der Waals surface area contributed by atoms with E-state index in [2.05, 4.69) is 41.2 Å². The van der Waals surface area contributed by atoms with Crippen molar-refractivity contribution in [3.63, 3.8) is 0 Å². The summed E-state index contributed by atoms with van der Waals surface area (Å²) >= 11 is 0. The molecule has 1 N–H and O–H groups in total. The molecular weight excluding hydrogens is 260 g/mol. The average molecular weight is 282 g/mol. The Hall–Kier alpha value is -1.61. The van der Waals surface area contributed by atoms with E-state index in [0.29, 0.717) is 12.5 Å². The van der Waals surface area contributed by atoms with Gasteiger partial charge in [-0.15, -0.1) is 0 Å². The van der Waals surface area contributed by atoms with Gasteiger partial charge in [-0.3, -0.25) is 4.68 Å². The number of aromatic nitrogens is 2. The standard InChI is InChI=1S/C18H22N2O/c21-18(11-14-5-1-2-6-15(14)12-18)13-16-9-10-20(19-16)17-7-3-4-8-17/h1-2,5-6,9-10,17,21H,3-4,7-8,11-13H2. The number of hydrogen-bond acceptors (Lipinski definition) is 2. The van der Waals surface area contributed by atoms with Gasteiger partial charge in [0.2, 0.25) is 0 Å². The van der Waals surface area contributed by atoms with Crippen LogP contribution in [0.25, 0.3) is 0 Å². The zero-order valence-corrected chi connectivity index (χ0v) is 12.3. The highest BCUT2D eigenvalue weighted by Crippen LogP contribution is 2.33. The number of aliphatic hydroxyl groups is 1. The summed E-state index contributed by atoms with van der Waals surface area (Å²) in [7, 11) is 0. The highest BCUT2D eigenvalue weighted by atomic mass is 16.3. The van der Waals surface area contributed by atoms with E-state index in [1.807, 2.05) is 0 Å². The second-order valence-electron chi connectivity index (χ2n) is 6.75. The normalized spacial score (nSPS) is 20.8. The second-order valence-corrected chi connectivity index (χ2v) is 6.75. The number of benzene rings is 1. The molecule has 0 amide bonds. The third-order valence-electron chi connectivity index (χ3n) is 5.03. The van der Waals surface area contributed by atoms with Gasteiger partial charge in [-0.1, -0.05) is 37.1 Å². The molecule has 0 spiro atoms. The van der Waals surface area contributed by atoms with Gasteiger partial charge < -0.3 is 5.11 Å². The van der Waals surface area contributed by atoms with Gasteiger partial charge in [0.05, 0.1) is 17.3 Å². The number of fused-ring (bicyclic) bond motifs is 1. The van der Waals surface area contributed by atoms with Gasteiger partial charge in [-0.2, -0.15) is 5.10 Å². The Balaban J connectivity index is 1.49. The van der Waals surface area contributed by atoms with Gasteiger partial charge in [0.15, 0.2) is 0 Å². The third kappa shape index (κ3) is 2.51. The first-order chi connectivity index (χ1) is 10.2. The van der Waals surface area contributed by atoms with Crippen LogP contribution in [0.4, 0.5) is 0 Å². The SMILES string of the molecule is OC1(Cc2ccn(C3CCCC3)n2)Cc2ccccc2C1. The Labute approximate surface area is 125 Å². The van der Waals surface area contributed by atoms with Crippen molar-refractivity contribution < 1.29 is 5.11 Å². The molecule has 3 heteroatoms. The molecule has 21 heavy (non-hydrogen) atoms. The monoisotopic (exact) mass is 282 g/mol. The maximum absolute atomic E-state index is 10.9. The lowest BCUT2D eigenvalue weighted by Gasteiger charge is -2.21. The second kappa shape index (κ2) is 4.99. The maximum Gasteiger partial charge on any atom is 0.0784 e. The molecule has 1 aromatic carbocycles. The molecule has 0 saturated heterocycles. The van der Waals surface area contributed by atoms with E-state index < -0.39 is 5.60 Å². The Morgan fingerprint density at radius 1 is 1.10 bits per heavy atom. The van der Waals surface area contributed by atoms with Gasteiger partial charge in [0, 0.05) is 25.5 Å². The quantitative estimate of drug-likeness (QED) is 0.939. The molecule has 0 atom stereocenters. The first-order valence-corrected chi connectivity index (χ1v) is 8.05. The molecule has 2 aliphatic rings. The molecule has 4 rings (SSSR count). The topological polar surface area (TPSA) is 38.0 Å². The molecule has 2 aliphatic carbocycles. The lowest BCUT2D eigenvalue weighted by molar-refractivity contribution is 0.0506. The zero-order chi connectivity index (χ0) is 14.3. The van der Waals surface area contributed by atoms with Crippen molar-refractivity contribution in [2.24, 2.45) is 0 Å². The van der Waals surface area contributed by atoms with E-state index in [-0.39, 0.29) is 0 Å². The van der Waals surface area contributed by atoms with E-state index in [1.54, 1.807) is 0 Å². The number of nitrogens with zero attached hydrogens (tertiary/aromatic N) is 2. The molecule has 0 aliphatic heterocycles. The number of hydrogen-bond donors (Lipinski definition) is 1. The van der Waals surface area contributed by atoms with Gasteiger partial charge >= 0.3 is 0 Å². The fraction of sp³-hybridized carbons (Fsp3) is 0.500. The van der Waals surface area contributed by atoms with Gasteiger partial charge in [0.1, 0.15) is 0 Å². The fourth-order valence-corrected chi connectivity index (χ4v) is 3.98. The summed E-state index contributed by atoms with van der Waals surface area (Å²) in [6.07, 6.45) is 9.38. The van der Waals surface area contributed by atoms with Crippen LogP contribution < -0.4 is 0 Å². The van der Waals surface area contributed by atoms with Crippen molar-refractivity contribution in [1.29, 1.82) is 0 Å². The van der Waals surface area contributed by atoms with Crippen LogP contribution in [-0.4, -0.2) is 20.5 Å². The highest BCUT2D eigenvalue weighted by Gasteiger charge is 2.35. The summed E-state index contributed by atoms with van der Waals surface area (Å²) in [6, 6.07) is 11.0. The molecule has 3 nitrogen and oxygen atoms in total. The Morgan fingerprint density at radius 3 is 2.43 bits per heavy atom. The van der Waals surface area contributed by atoms with E-state index in [0.717, 1.165) is 18.5 Å². The molecule has 0 bridgehead atoms. The molecule has 0 unspecified atom stereocenters. The molecule has 1 fully saturated rings. The molecule has 110 valence electrons. The van der Waals surface area contributed by atoms with Crippen LogP contribution in [0.2, 0.25) is 0 Å². The predicted molar refractivity (Wildman–Crippen MR) is 82.2 cm³/mol. The lowest BCUT2D eigenvalue weighted by atomic mass is 9.94. The smallest absolute Gasteiger partial charge is 0.0784 e. The first-order valence-electron chi connectivity index (χ1n) is 8.05. The third-order valence-corrected chi connectivity index (χ3v) is 5.03. The minimum absolute atomic E-state index is 0.578. The van der Waals surface area contributed by atoms with Crippen LogP contribution in [-0.2, 0) is 19.3 Å². The molecule has 1 heterocycles. The fourth-order valence-electron chi connectivity index (χ4n) is 3.98. The van der Waals surface area contributed by atoms with Gasteiger partial charge in [-0.05, 0) is 30.0 Å². The summed E-state index contributed by atoms with van der Waals surface area (Å²) in [4.78, 5) is 0. The van der Waals surface area contributed by atoms with Gasteiger partial charge in [-0.25, -0.2) is 0 Å². The van der Waals surface area contributed by atoms with Crippen LogP contribution in [0.5, 0.6) is 0 Å². The molecule has 1 saturated carbocycles. The first kappa shape index (κ1) is 13.1. The van der Waals surface area contributed by atoms with Crippen molar-refractivity contribution in [2.75, 3.05) is 0 Å². The van der Waals surface area contributed by atoms with Crippen LogP contribution in [0.1, 0.15) is 48.5 Å². The molecule has 1 aromatic heterocycles. The van der Waals surface area contributed by atoms with Crippen LogP contribution >= 0.6 is 0 Å². The van der Waals surface area contributed by atoms with E-state index in [9.17, 15) is 5.11 Å². The van der Waals surface area contributed by atoms with Crippen molar-refractivity contribution in [2.45, 2.75) is 56.6 Å². The minimum atomic E-state index is -0.654. The largest absolute Gasteiger partial charge is 0.389 e. The zero-order valence-electron chi connectivity index (χ0n) is 12.3. The van der Waals surface area contributed by atoms with E-state index >= 15 is 0 Å². The van der Waals surface area contributed by atoms with Crippen molar-refractivity contribution in [3.05, 3.63) is 53.3 Å². The van der Waals surface area contributed by atoms with Crippen molar-refractivity contribution in [1.82, 2.24) is 9.78 Å². The van der Waals surface area contributed by atoms with Gasteiger partial charge in [0.25, 0.3) is 0 Å². The number of rotatable bonds is 3. The van der Waals surface area contributed by atoms with Crippen molar-refractivity contribution in [3.8, 4) is 0 Å². The summed E-state index contributed by atoms with van der Waals surface area (Å²) in [5.41, 5.74) is 2.95. The predicted octanol–water partition coefficient (Wildman–Crippen LogP) is 3.07. The van der Waals surface area contributed by atoms with E-state index in [4.69, 9.17) is 5.10 Å². The Bertz CT molecular complexity index is 615. The lowest BCUT2D eigenvalue weighted by Crippen LogP contribution is -2.32. The summed E-state index contributed by atoms with van der Waals surface area (Å²) < 4.78 is 2.12. The average Bonchev–Trinajstić information content (AvgIpc) is 3.15. The van der Waals surface area contributed by atoms with E-state index in [1.165, 1.54) is 36.8 Å².